The summed E-state index contributed by atoms with van der Waals surface area (Å²) in [5.74, 6) is -2.69. The molecule has 5 rings (SSSR count). The van der Waals surface area contributed by atoms with Gasteiger partial charge in [-0.15, -0.1) is 0 Å². The van der Waals surface area contributed by atoms with Crippen molar-refractivity contribution in [3.05, 3.63) is 74.8 Å². The molecule has 0 spiro atoms. The summed E-state index contributed by atoms with van der Waals surface area (Å²) in [5, 5.41) is 15.0. The maximum absolute atomic E-state index is 14.1. The number of anilines is 3. The second kappa shape index (κ2) is 11.2. The van der Waals surface area contributed by atoms with Gasteiger partial charge in [-0.3, -0.25) is 23.9 Å². The van der Waals surface area contributed by atoms with Crippen molar-refractivity contribution in [2.24, 2.45) is 0 Å². The van der Waals surface area contributed by atoms with Crippen molar-refractivity contribution in [1.29, 1.82) is 0 Å². The van der Waals surface area contributed by atoms with Crippen molar-refractivity contribution in [2.75, 3.05) is 16.0 Å². The van der Waals surface area contributed by atoms with Crippen LogP contribution in [0.25, 0.3) is 33.5 Å². The highest BCUT2D eigenvalue weighted by Crippen LogP contribution is 2.43. The number of fused-ring (bicyclic) bond motifs is 1. The predicted octanol–water partition coefficient (Wildman–Crippen LogP) is 5.79. The highest BCUT2D eigenvalue weighted by molar-refractivity contribution is 9.10. The maximum atomic E-state index is 14.1. The van der Waals surface area contributed by atoms with Crippen molar-refractivity contribution in [3.63, 3.8) is 0 Å². The van der Waals surface area contributed by atoms with Crippen molar-refractivity contribution in [3.8, 4) is 22.5 Å². The minimum Gasteiger partial charge on any atom is -0.355 e. The smallest absolute Gasteiger partial charge is 0.355 e. The fraction of sp³-hybridized carbons (Fsp3) is 0.111. The van der Waals surface area contributed by atoms with Crippen LogP contribution in [0, 0.1) is 0 Å². The average molecular weight is 659 g/mol. The molecular formula is C27H18BrF3N6O6. The fourth-order valence-electron chi connectivity index (χ4n) is 4.31. The third-order valence-corrected chi connectivity index (χ3v) is 6.49. The highest BCUT2D eigenvalue weighted by atomic mass is 79.9. The summed E-state index contributed by atoms with van der Waals surface area (Å²) >= 11 is 3.31. The Kier molecular flexibility index (Phi) is 7.62. The molecule has 4 N–H and O–H groups in total. The molecule has 5 aromatic rings. The first-order chi connectivity index (χ1) is 20.3. The van der Waals surface area contributed by atoms with E-state index in [1.807, 2.05) is 0 Å². The molecule has 0 bridgehead atoms. The van der Waals surface area contributed by atoms with Gasteiger partial charge in [0.1, 0.15) is 0 Å². The molecule has 0 saturated heterocycles. The number of nitrogens with one attached hydrogen (secondary N) is 4. The molecule has 43 heavy (non-hydrogen) atoms. The maximum Gasteiger partial charge on any atom is 0.439 e. The molecule has 0 aliphatic carbocycles. The van der Waals surface area contributed by atoms with E-state index in [0.717, 1.165) is 19.1 Å². The Morgan fingerprint density at radius 1 is 0.837 bits per heavy atom. The number of amides is 3. The molecule has 0 saturated carbocycles. The Bertz CT molecular complexity index is 1980. The molecule has 220 valence electrons. The van der Waals surface area contributed by atoms with Gasteiger partial charge in [-0.25, -0.2) is 4.79 Å². The molecule has 12 nitrogen and oxygen atoms in total. The number of hydrogen-bond acceptors (Lipinski definition) is 8. The van der Waals surface area contributed by atoms with E-state index in [1.165, 1.54) is 31.2 Å². The number of benzene rings is 3. The van der Waals surface area contributed by atoms with Crippen LogP contribution < -0.4 is 21.7 Å². The summed E-state index contributed by atoms with van der Waals surface area (Å²) in [6, 6.07) is 10.4. The van der Waals surface area contributed by atoms with Gasteiger partial charge in [0.25, 0.3) is 5.91 Å². The average Bonchev–Trinajstić information content (AvgIpc) is 3.54. The summed E-state index contributed by atoms with van der Waals surface area (Å²) < 4.78 is 52.9. The van der Waals surface area contributed by atoms with Gasteiger partial charge < -0.3 is 20.5 Å². The van der Waals surface area contributed by atoms with E-state index in [9.17, 15) is 32.3 Å². The van der Waals surface area contributed by atoms with E-state index >= 15 is 0 Å². The molecule has 0 fully saturated rings. The van der Waals surface area contributed by atoms with Crippen LogP contribution in [-0.2, 0) is 15.8 Å². The van der Waals surface area contributed by atoms with E-state index in [0.29, 0.717) is 10.0 Å². The lowest BCUT2D eigenvalue weighted by Crippen LogP contribution is -2.14. The Labute approximate surface area is 246 Å². The van der Waals surface area contributed by atoms with E-state index < -0.39 is 35.2 Å². The topological polar surface area (TPSA) is 172 Å². The quantitative estimate of drug-likeness (QED) is 0.177. The summed E-state index contributed by atoms with van der Waals surface area (Å²) in [7, 11) is 0. The second-order valence-corrected chi connectivity index (χ2v) is 10.0. The van der Waals surface area contributed by atoms with E-state index in [1.54, 1.807) is 12.1 Å². The largest absolute Gasteiger partial charge is 0.439 e. The number of carbonyl (C=O) groups excluding carboxylic acids is 3. The van der Waals surface area contributed by atoms with Gasteiger partial charge in [0.05, 0.1) is 16.6 Å². The van der Waals surface area contributed by atoms with Gasteiger partial charge in [-0.05, 0) is 48.0 Å². The first-order valence-electron chi connectivity index (χ1n) is 12.2. The molecule has 0 aliphatic heterocycles. The van der Waals surface area contributed by atoms with Crippen molar-refractivity contribution in [2.45, 2.75) is 20.0 Å². The van der Waals surface area contributed by atoms with Crippen LogP contribution in [0.4, 0.5) is 30.2 Å². The number of rotatable bonds is 6. The minimum atomic E-state index is -4.84. The molecule has 2 heterocycles. The number of aromatic nitrogens is 3. The lowest BCUT2D eigenvalue weighted by Gasteiger charge is -2.17. The molecular weight excluding hydrogens is 641 g/mol. The van der Waals surface area contributed by atoms with E-state index in [2.05, 4.69) is 51.7 Å². The van der Waals surface area contributed by atoms with Gasteiger partial charge in [-0.2, -0.15) is 13.2 Å². The SMILES string of the molecule is CC(=O)Nc1ccc(-c2cc3onc(C(=O)Nc4ccc(Br)cc4-c4noc(=O)[nH]4)c3cc2NC(C)=O)c(C(F)(F)F)c1. The van der Waals surface area contributed by atoms with Crippen LogP contribution in [0.1, 0.15) is 29.9 Å². The summed E-state index contributed by atoms with van der Waals surface area (Å²) in [5.41, 5.74) is -1.40. The normalized spacial score (nSPS) is 11.4. The Morgan fingerprint density at radius 3 is 2.23 bits per heavy atom. The third-order valence-electron chi connectivity index (χ3n) is 6.00. The number of nitrogens with zero attached hydrogens (tertiary/aromatic N) is 2. The van der Waals surface area contributed by atoms with E-state index in [4.69, 9.17) is 4.52 Å². The van der Waals surface area contributed by atoms with Crippen LogP contribution in [0.5, 0.6) is 0 Å². The first kappa shape index (κ1) is 29.2. The molecule has 0 aliphatic rings. The van der Waals surface area contributed by atoms with Crippen molar-refractivity contribution >= 4 is 61.7 Å². The lowest BCUT2D eigenvalue weighted by atomic mass is 9.95. The molecule has 2 aromatic heterocycles. The lowest BCUT2D eigenvalue weighted by molar-refractivity contribution is -0.137. The van der Waals surface area contributed by atoms with Crippen LogP contribution in [0.15, 0.2) is 66.8 Å². The van der Waals surface area contributed by atoms with Gasteiger partial charge in [0.15, 0.2) is 17.1 Å². The Hall–Kier alpha value is -5.25. The van der Waals surface area contributed by atoms with Crippen molar-refractivity contribution < 1.29 is 36.6 Å². The zero-order valence-electron chi connectivity index (χ0n) is 22.0. The molecule has 3 aromatic carbocycles. The molecule has 16 heteroatoms. The first-order valence-corrected chi connectivity index (χ1v) is 13.0. The zero-order valence-corrected chi connectivity index (χ0v) is 23.6. The summed E-state index contributed by atoms with van der Waals surface area (Å²) in [6.07, 6.45) is -4.84. The number of H-pyrrole nitrogens is 1. The van der Waals surface area contributed by atoms with Crippen LogP contribution in [-0.4, -0.2) is 33.0 Å². The Morgan fingerprint density at radius 2 is 1.58 bits per heavy atom. The predicted molar refractivity (Wildman–Crippen MR) is 151 cm³/mol. The van der Waals surface area contributed by atoms with Crippen molar-refractivity contribution in [1.82, 2.24) is 15.3 Å². The minimum absolute atomic E-state index is 0.0363. The highest BCUT2D eigenvalue weighted by Gasteiger charge is 2.35. The van der Waals surface area contributed by atoms with Gasteiger partial charge >= 0.3 is 11.9 Å². The molecule has 3 amide bonds. The monoisotopic (exact) mass is 658 g/mol. The van der Waals surface area contributed by atoms with Crippen LogP contribution in [0.2, 0.25) is 0 Å². The molecule has 0 atom stereocenters. The van der Waals surface area contributed by atoms with E-state index in [-0.39, 0.29) is 50.7 Å². The second-order valence-electron chi connectivity index (χ2n) is 9.13. The van der Waals surface area contributed by atoms with Gasteiger partial charge in [0.2, 0.25) is 11.8 Å². The Balaban J connectivity index is 1.60. The number of hydrogen-bond donors (Lipinski definition) is 4. The van der Waals surface area contributed by atoms with Crippen LogP contribution >= 0.6 is 15.9 Å². The van der Waals surface area contributed by atoms with Gasteiger partial charge in [-0.1, -0.05) is 32.3 Å². The summed E-state index contributed by atoms with van der Waals surface area (Å²) in [6.45, 7) is 2.33. The zero-order chi connectivity index (χ0) is 31.1. The standard InChI is InChI=1S/C27H18BrF3N6O6/c1-11(38)32-14-4-5-15(19(8-14)27(29,30)31)16-10-22-18(9-21(16)33-12(2)39)23(36-42-22)25(40)34-20-6-3-13(28)7-17(20)24-35-26(41)43-37-24/h3-10H,1-2H3,(H,32,38)(H,33,39)(H,34,40)(H,35,37,41). The molecule has 0 unspecified atom stereocenters. The number of carbonyl (C=O) groups is 3. The number of aromatic amines is 1. The summed E-state index contributed by atoms with van der Waals surface area (Å²) in [4.78, 5) is 50.7. The fourth-order valence-corrected chi connectivity index (χ4v) is 4.67. The van der Waals surface area contributed by atoms with Crippen LogP contribution in [0.3, 0.4) is 0 Å². The number of halogens is 4. The number of alkyl halides is 3. The van der Waals surface area contributed by atoms with Gasteiger partial charge in [0, 0.05) is 40.8 Å². The molecule has 0 radical (unpaired) electrons. The third kappa shape index (κ3) is 6.18.